The molecule has 0 spiro atoms. The Labute approximate surface area is 298 Å². The summed E-state index contributed by atoms with van der Waals surface area (Å²) in [4.78, 5) is 36.1. The van der Waals surface area contributed by atoms with Crippen LogP contribution >= 0.6 is 0 Å². The van der Waals surface area contributed by atoms with Gasteiger partial charge in [-0.1, -0.05) is 38.8 Å². The molecule has 2 aliphatic rings. The Morgan fingerprint density at radius 2 is 1.43 bits per heavy atom. The molecule has 4 heterocycles. The first-order valence-electron chi connectivity index (χ1n) is 18.3. The number of aromatic amines is 1. The number of methoxy groups -OCH3 is 1. The molecule has 0 bridgehead atoms. The Morgan fingerprint density at radius 1 is 0.824 bits per heavy atom. The molecule has 0 saturated heterocycles. The van der Waals surface area contributed by atoms with Crippen molar-refractivity contribution in [2.75, 3.05) is 7.11 Å². The van der Waals surface area contributed by atoms with E-state index in [0.29, 0.717) is 47.4 Å². The van der Waals surface area contributed by atoms with Gasteiger partial charge in [0.05, 0.1) is 29.6 Å². The summed E-state index contributed by atoms with van der Waals surface area (Å²) in [6, 6.07) is 20.7. The van der Waals surface area contributed by atoms with E-state index in [1.807, 2.05) is 36.8 Å². The van der Waals surface area contributed by atoms with Gasteiger partial charge in [0.2, 0.25) is 0 Å². The average Bonchev–Trinajstić information content (AvgIpc) is 4.09. The Kier molecular flexibility index (Phi) is 10.0. The highest BCUT2D eigenvalue weighted by atomic mass is 16.5. The molecule has 6 aromatic rings. The number of hydrogen-bond donors (Lipinski definition) is 2. The van der Waals surface area contributed by atoms with E-state index < -0.39 is 5.97 Å². The lowest BCUT2D eigenvalue weighted by molar-refractivity contribution is 0.0598. The van der Waals surface area contributed by atoms with Crippen LogP contribution in [-0.2, 0) is 24.1 Å². The van der Waals surface area contributed by atoms with Crippen LogP contribution in [0.1, 0.15) is 119 Å². The molecule has 0 radical (unpaired) electrons. The molecular formula is C43H46N4O4. The topological polar surface area (TPSA) is 110 Å². The number of ether oxygens (including phenoxy) is 1. The second-order valence-corrected chi connectivity index (χ2v) is 14.2. The number of benzene rings is 2. The number of hydrogen-bond acceptors (Lipinski definition) is 5. The fraction of sp³-hybridized carbons (Fsp3) is 0.349. The third-order valence-corrected chi connectivity index (χ3v) is 10.5. The summed E-state index contributed by atoms with van der Waals surface area (Å²) in [6.45, 7) is 5.54. The molecule has 2 fully saturated rings. The molecule has 2 saturated carbocycles. The van der Waals surface area contributed by atoms with Crippen molar-refractivity contribution in [3.8, 4) is 0 Å². The Bertz CT molecular complexity index is 2190. The quantitative estimate of drug-likeness (QED) is 0.125. The molecule has 0 aliphatic heterocycles. The Morgan fingerprint density at radius 3 is 2.04 bits per heavy atom. The Balaban J connectivity index is 0.000000162. The summed E-state index contributed by atoms with van der Waals surface area (Å²) in [5.74, 6) is 0.574. The molecule has 2 N–H and O–H groups in total. The lowest BCUT2D eigenvalue weighted by Gasteiger charge is -2.14. The van der Waals surface area contributed by atoms with Crippen LogP contribution in [0.4, 0.5) is 0 Å². The number of nitrogens with one attached hydrogen (secondary N) is 1. The van der Waals surface area contributed by atoms with Gasteiger partial charge in [0.1, 0.15) is 0 Å². The predicted octanol–water partition coefficient (Wildman–Crippen LogP) is 9.46. The smallest absolute Gasteiger partial charge is 0.339 e. The van der Waals surface area contributed by atoms with Crippen LogP contribution in [0.25, 0.3) is 21.8 Å². The van der Waals surface area contributed by atoms with Gasteiger partial charge in [0.15, 0.2) is 0 Å². The van der Waals surface area contributed by atoms with Gasteiger partial charge in [-0.15, -0.1) is 0 Å². The van der Waals surface area contributed by atoms with E-state index in [9.17, 15) is 14.7 Å². The summed E-state index contributed by atoms with van der Waals surface area (Å²) >= 11 is 0. The third-order valence-electron chi connectivity index (χ3n) is 10.5. The number of rotatable bonds is 12. The van der Waals surface area contributed by atoms with Gasteiger partial charge in [0.25, 0.3) is 0 Å². The van der Waals surface area contributed by atoms with Crippen LogP contribution in [0.2, 0.25) is 0 Å². The zero-order chi connectivity index (χ0) is 35.5. The maximum absolute atomic E-state index is 12.1. The standard InChI is InChI=1S/C24H28N2O2.C19H18N2O2/c1-3-16(4-2)15-26-10-9-19-11-17(5-8-23(19)26)12-22-21(24(27)28)13-20(14-25-22)18-6-7-18;1-23-19(22)16-10-15(13-3-4-13)11-21-18(16)9-12-2-5-17-14(8-12)6-7-20-17/h5,8-11,13-14,16,18H,3-4,6-7,12,15H2,1-2H3,(H,27,28);2,5-8,10-11,13,20H,3-4,9H2,1H3. The van der Waals surface area contributed by atoms with E-state index in [1.54, 1.807) is 0 Å². The lowest BCUT2D eigenvalue weighted by atomic mass is 10.0. The molecular weight excluding hydrogens is 636 g/mol. The number of pyridine rings is 2. The fourth-order valence-electron chi connectivity index (χ4n) is 7.00. The molecule has 2 aromatic carbocycles. The number of H-pyrrole nitrogens is 1. The van der Waals surface area contributed by atoms with E-state index in [-0.39, 0.29) is 5.97 Å². The second-order valence-electron chi connectivity index (χ2n) is 14.2. The molecule has 0 atom stereocenters. The SMILES string of the molecule is CCC(CC)Cn1ccc2cc(Cc3ncc(C4CC4)cc3C(=O)O)ccc21.COC(=O)c1cc(C2CC2)cnc1Cc1ccc2[nH]ccc2c1. The van der Waals surface area contributed by atoms with Gasteiger partial charge in [0, 0.05) is 55.2 Å². The number of carbonyl (C=O) groups excluding carboxylic acids is 1. The first kappa shape index (κ1) is 34.2. The molecule has 0 amide bonds. The van der Waals surface area contributed by atoms with E-state index in [2.05, 4.69) is 82.0 Å². The highest BCUT2D eigenvalue weighted by Gasteiger charge is 2.27. The van der Waals surface area contributed by atoms with Crippen LogP contribution in [0.15, 0.2) is 85.5 Å². The van der Waals surface area contributed by atoms with Crippen molar-refractivity contribution >= 4 is 33.7 Å². The summed E-state index contributed by atoms with van der Waals surface area (Å²) < 4.78 is 7.28. The zero-order valence-electron chi connectivity index (χ0n) is 29.7. The van der Waals surface area contributed by atoms with Crippen LogP contribution in [0.3, 0.4) is 0 Å². The summed E-state index contributed by atoms with van der Waals surface area (Å²) in [7, 11) is 1.42. The number of carbonyl (C=O) groups is 2. The van der Waals surface area contributed by atoms with E-state index >= 15 is 0 Å². The summed E-state index contributed by atoms with van der Waals surface area (Å²) in [6.07, 6.45) is 16.1. The normalized spacial score (nSPS) is 14.1. The second kappa shape index (κ2) is 14.9. The highest BCUT2D eigenvalue weighted by Crippen LogP contribution is 2.41. The number of esters is 1. The number of fused-ring (bicyclic) bond motifs is 2. The van der Waals surface area contributed by atoms with Crippen molar-refractivity contribution in [3.05, 3.63) is 130 Å². The van der Waals surface area contributed by atoms with E-state index in [1.165, 1.54) is 43.7 Å². The minimum absolute atomic E-state index is 0.308. The van der Waals surface area contributed by atoms with Gasteiger partial charge >= 0.3 is 11.9 Å². The Hall–Kier alpha value is -5.24. The van der Waals surface area contributed by atoms with Crippen molar-refractivity contribution in [1.82, 2.24) is 19.5 Å². The van der Waals surface area contributed by atoms with Crippen molar-refractivity contribution in [2.45, 2.75) is 83.6 Å². The number of nitrogens with zero attached hydrogens (tertiary/aromatic N) is 3. The van der Waals surface area contributed by atoms with Crippen LogP contribution in [0.5, 0.6) is 0 Å². The maximum atomic E-state index is 12.1. The van der Waals surface area contributed by atoms with Crippen molar-refractivity contribution < 1.29 is 19.4 Å². The molecule has 8 rings (SSSR count). The monoisotopic (exact) mass is 682 g/mol. The molecule has 0 unspecified atom stereocenters. The van der Waals surface area contributed by atoms with Gasteiger partial charge in [-0.3, -0.25) is 9.97 Å². The third kappa shape index (κ3) is 7.90. The minimum Gasteiger partial charge on any atom is -0.478 e. The van der Waals surface area contributed by atoms with Gasteiger partial charge in [-0.25, -0.2) is 9.59 Å². The number of carboxylic acid groups (broad SMARTS) is 1. The van der Waals surface area contributed by atoms with Gasteiger partial charge in [-0.05, 0) is 125 Å². The number of carboxylic acids is 1. The lowest BCUT2D eigenvalue weighted by Crippen LogP contribution is -2.09. The fourth-order valence-corrected chi connectivity index (χ4v) is 7.00. The van der Waals surface area contributed by atoms with Gasteiger partial charge in [-0.2, -0.15) is 0 Å². The molecule has 8 heteroatoms. The summed E-state index contributed by atoms with van der Waals surface area (Å²) in [5, 5.41) is 12.0. The summed E-state index contributed by atoms with van der Waals surface area (Å²) in [5.41, 5.74) is 9.15. The van der Waals surface area contributed by atoms with Gasteiger partial charge < -0.3 is 19.4 Å². The number of aromatic nitrogens is 4. The zero-order valence-corrected chi connectivity index (χ0v) is 29.7. The molecule has 51 heavy (non-hydrogen) atoms. The first-order chi connectivity index (χ1) is 24.8. The predicted molar refractivity (Wildman–Crippen MR) is 201 cm³/mol. The maximum Gasteiger partial charge on any atom is 0.339 e. The van der Waals surface area contributed by atoms with Crippen LogP contribution in [0, 0.1) is 5.92 Å². The molecule has 8 nitrogen and oxygen atoms in total. The molecule has 4 aromatic heterocycles. The van der Waals surface area contributed by atoms with Crippen molar-refractivity contribution in [2.24, 2.45) is 5.92 Å². The molecule has 262 valence electrons. The highest BCUT2D eigenvalue weighted by molar-refractivity contribution is 5.91. The number of aromatic carboxylic acids is 1. The van der Waals surface area contributed by atoms with E-state index in [4.69, 9.17) is 4.74 Å². The van der Waals surface area contributed by atoms with Crippen LogP contribution < -0.4 is 0 Å². The van der Waals surface area contributed by atoms with Crippen molar-refractivity contribution in [1.29, 1.82) is 0 Å². The van der Waals surface area contributed by atoms with Crippen molar-refractivity contribution in [3.63, 3.8) is 0 Å². The molecule has 2 aliphatic carbocycles. The first-order valence-corrected chi connectivity index (χ1v) is 18.3. The van der Waals surface area contributed by atoms with Crippen LogP contribution in [-0.4, -0.2) is 43.7 Å². The average molecular weight is 683 g/mol. The van der Waals surface area contributed by atoms with E-state index in [0.717, 1.165) is 58.2 Å². The largest absolute Gasteiger partial charge is 0.478 e. The minimum atomic E-state index is -0.887.